The maximum absolute atomic E-state index is 11.8. The molecule has 0 spiro atoms. The topological polar surface area (TPSA) is 113 Å². The zero-order valence-corrected chi connectivity index (χ0v) is 15.2. The van der Waals surface area contributed by atoms with E-state index < -0.39 is 5.91 Å². The number of rotatable bonds is 6. The lowest BCUT2D eigenvalue weighted by molar-refractivity contribution is 0.0989. The quantitative estimate of drug-likeness (QED) is 0.540. The van der Waals surface area contributed by atoms with E-state index in [0.717, 1.165) is 27.7 Å². The van der Waals surface area contributed by atoms with Crippen molar-refractivity contribution < 1.29 is 4.79 Å². The Kier molecular flexibility index (Phi) is 4.82. The van der Waals surface area contributed by atoms with Crippen LogP contribution in [0.2, 0.25) is 0 Å². The fourth-order valence-corrected chi connectivity index (χ4v) is 3.13. The van der Waals surface area contributed by atoms with E-state index in [4.69, 9.17) is 11.5 Å². The molecule has 1 aromatic carbocycles. The number of aryl methyl sites for hydroxylation is 1. The minimum absolute atomic E-state index is 0.370. The van der Waals surface area contributed by atoms with Crippen molar-refractivity contribution in [2.45, 2.75) is 13.0 Å². The maximum Gasteiger partial charge on any atom is 0.266 e. The van der Waals surface area contributed by atoms with Gasteiger partial charge in [0.2, 0.25) is 0 Å². The lowest BCUT2D eigenvalue weighted by atomic mass is 10.1. The number of hydrogen-bond donors (Lipinski definition) is 2. The van der Waals surface area contributed by atoms with Crippen molar-refractivity contribution in [1.82, 2.24) is 19.7 Å². The minimum atomic E-state index is -0.510. The number of aromatic nitrogens is 4. The molecule has 0 unspecified atom stereocenters. The minimum Gasteiger partial charge on any atom is -0.364 e. The van der Waals surface area contributed by atoms with E-state index in [0.29, 0.717) is 30.9 Å². The number of fused-ring (bicyclic) bond motifs is 1. The number of amides is 1. The van der Waals surface area contributed by atoms with E-state index >= 15 is 0 Å². The first-order chi connectivity index (χ1) is 13.7. The molecule has 4 rings (SSSR count). The molecule has 1 amide bonds. The summed E-state index contributed by atoms with van der Waals surface area (Å²) in [7, 11) is 0. The molecule has 0 saturated heterocycles. The van der Waals surface area contributed by atoms with Crippen LogP contribution < -0.4 is 11.5 Å². The average Bonchev–Trinajstić information content (AvgIpc) is 3.16. The van der Waals surface area contributed by atoms with Crippen LogP contribution in [0, 0.1) is 0 Å². The summed E-state index contributed by atoms with van der Waals surface area (Å²) in [6.45, 7) is 1.06. The summed E-state index contributed by atoms with van der Waals surface area (Å²) < 4.78 is 1.61. The SMILES string of the molecule is NCCCn1nc(-c2ccnc(-c3cnc4ccccc4c3)c2)cc1C(N)=O. The van der Waals surface area contributed by atoms with Crippen molar-refractivity contribution in [1.29, 1.82) is 0 Å². The number of primary amides is 1. The van der Waals surface area contributed by atoms with Crippen molar-refractivity contribution in [3.05, 3.63) is 66.6 Å². The zero-order valence-electron chi connectivity index (χ0n) is 15.2. The highest BCUT2D eigenvalue weighted by Crippen LogP contribution is 2.26. The molecule has 4 aromatic rings. The smallest absolute Gasteiger partial charge is 0.266 e. The molecule has 0 radical (unpaired) electrons. The number of nitrogens with zero attached hydrogens (tertiary/aromatic N) is 4. The third-order valence-corrected chi connectivity index (χ3v) is 4.55. The Bertz CT molecular complexity index is 1150. The predicted octanol–water partition coefficient (Wildman–Crippen LogP) is 2.61. The number of pyridine rings is 2. The van der Waals surface area contributed by atoms with Crippen LogP contribution in [-0.2, 0) is 6.54 Å². The number of para-hydroxylation sites is 1. The molecule has 28 heavy (non-hydrogen) atoms. The van der Waals surface area contributed by atoms with Gasteiger partial charge < -0.3 is 11.5 Å². The van der Waals surface area contributed by atoms with Gasteiger partial charge >= 0.3 is 0 Å². The predicted molar refractivity (Wildman–Crippen MR) is 108 cm³/mol. The Balaban J connectivity index is 1.73. The Hall–Kier alpha value is -3.58. The summed E-state index contributed by atoms with van der Waals surface area (Å²) in [6, 6.07) is 15.5. The second-order valence-electron chi connectivity index (χ2n) is 6.49. The highest BCUT2D eigenvalue weighted by Gasteiger charge is 2.14. The van der Waals surface area contributed by atoms with E-state index in [1.807, 2.05) is 42.6 Å². The molecule has 3 aromatic heterocycles. The summed E-state index contributed by atoms with van der Waals surface area (Å²) >= 11 is 0. The molecule has 4 N–H and O–H groups in total. The summed E-state index contributed by atoms with van der Waals surface area (Å²) in [5.41, 5.74) is 15.6. The normalized spacial score (nSPS) is 11.0. The van der Waals surface area contributed by atoms with Gasteiger partial charge in [0, 0.05) is 35.5 Å². The largest absolute Gasteiger partial charge is 0.364 e. The summed E-state index contributed by atoms with van der Waals surface area (Å²) in [4.78, 5) is 20.7. The van der Waals surface area contributed by atoms with Gasteiger partial charge in [-0.3, -0.25) is 19.4 Å². The first-order valence-corrected chi connectivity index (χ1v) is 9.05. The van der Waals surface area contributed by atoms with Crippen LogP contribution in [0.15, 0.2) is 60.9 Å². The molecule has 0 saturated carbocycles. The third-order valence-electron chi connectivity index (χ3n) is 4.55. The van der Waals surface area contributed by atoms with E-state index in [2.05, 4.69) is 21.1 Å². The molecular weight excluding hydrogens is 352 g/mol. The van der Waals surface area contributed by atoms with E-state index in [-0.39, 0.29) is 0 Å². The molecular formula is C21H20N6O. The van der Waals surface area contributed by atoms with Gasteiger partial charge in [-0.05, 0) is 43.3 Å². The van der Waals surface area contributed by atoms with Crippen molar-refractivity contribution in [3.63, 3.8) is 0 Å². The average molecular weight is 372 g/mol. The number of carbonyl (C=O) groups is 1. The number of nitrogens with two attached hydrogens (primary N) is 2. The monoisotopic (exact) mass is 372 g/mol. The van der Waals surface area contributed by atoms with Crippen molar-refractivity contribution >= 4 is 16.8 Å². The molecule has 0 aliphatic rings. The molecule has 3 heterocycles. The van der Waals surface area contributed by atoms with Crippen LogP contribution in [0.1, 0.15) is 16.9 Å². The van der Waals surface area contributed by atoms with Gasteiger partial charge in [-0.15, -0.1) is 0 Å². The summed E-state index contributed by atoms with van der Waals surface area (Å²) in [6.07, 6.45) is 4.25. The van der Waals surface area contributed by atoms with Crippen molar-refractivity contribution in [2.24, 2.45) is 11.5 Å². The van der Waals surface area contributed by atoms with Gasteiger partial charge in [-0.2, -0.15) is 5.10 Å². The summed E-state index contributed by atoms with van der Waals surface area (Å²) in [5.74, 6) is -0.510. The van der Waals surface area contributed by atoms with Gasteiger partial charge in [-0.1, -0.05) is 18.2 Å². The number of hydrogen-bond acceptors (Lipinski definition) is 5. The highest BCUT2D eigenvalue weighted by molar-refractivity contribution is 5.92. The number of carbonyl (C=O) groups excluding carboxylic acids is 1. The summed E-state index contributed by atoms with van der Waals surface area (Å²) in [5, 5.41) is 5.59. The van der Waals surface area contributed by atoms with E-state index in [1.165, 1.54) is 0 Å². The van der Waals surface area contributed by atoms with Crippen LogP contribution in [0.4, 0.5) is 0 Å². The fourth-order valence-electron chi connectivity index (χ4n) is 3.13. The van der Waals surface area contributed by atoms with E-state index in [1.54, 1.807) is 16.9 Å². The van der Waals surface area contributed by atoms with Gasteiger partial charge in [-0.25, -0.2) is 0 Å². The van der Waals surface area contributed by atoms with Crippen LogP contribution in [-0.4, -0.2) is 32.2 Å². The van der Waals surface area contributed by atoms with Gasteiger partial charge in [0.05, 0.1) is 16.9 Å². The van der Waals surface area contributed by atoms with Crippen LogP contribution in [0.3, 0.4) is 0 Å². The van der Waals surface area contributed by atoms with Crippen LogP contribution >= 0.6 is 0 Å². The second kappa shape index (κ2) is 7.58. The fraction of sp³-hybridized carbons (Fsp3) is 0.143. The van der Waals surface area contributed by atoms with Gasteiger partial charge in [0.15, 0.2) is 0 Å². The maximum atomic E-state index is 11.8. The van der Waals surface area contributed by atoms with E-state index in [9.17, 15) is 4.79 Å². The number of benzene rings is 1. The molecule has 7 nitrogen and oxygen atoms in total. The first kappa shape index (κ1) is 17.8. The Morgan fingerprint density at radius 3 is 2.68 bits per heavy atom. The molecule has 7 heteroatoms. The molecule has 0 atom stereocenters. The first-order valence-electron chi connectivity index (χ1n) is 9.05. The lowest BCUT2D eigenvalue weighted by Gasteiger charge is -2.05. The Morgan fingerprint density at radius 1 is 1.00 bits per heavy atom. The van der Waals surface area contributed by atoms with Crippen LogP contribution in [0.25, 0.3) is 33.4 Å². The van der Waals surface area contributed by atoms with Crippen molar-refractivity contribution in [3.8, 4) is 22.5 Å². The zero-order chi connectivity index (χ0) is 19.5. The van der Waals surface area contributed by atoms with Gasteiger partial charge in [0.1, 0.15) is 5.69 Å². The molecule has 0 fully saturated rings. The van der Waals surface area contributed by atoms with Crippen LogP contribution in [0.5, 0.6) is 0 Å². The molecule has 0 aliphatic carbocycles. The lowest BCUT2D eigenvalue weighted by Crippen LogP contribution is -2.18. The molecule has 140 valence electrons. The Morgan fingerprint density at radius 2 is 1.86 bits per heavy atom. The van der Waals surface area contributed by atoms with Gasteiger partial charge in [0.25, 0.3) is 5.91 Å². The highest BCUT2D eigenvalue weighted by atomic mass is 16.1. The van der Waals surface area contributed by atoms with Crippen molar-refractivity contribution in [2.75, 3.05) is 6.54 Å². The standard InChI is InChI=1S/C21H20N6O/c22-7-3-9-27-20(21(23)28)12-19(26-27)15-6-8-24-18(11-15)16-10-14-4-1-2-5-17(14)25-13-16/h1-2,4-6,8,10-13H,3,7,9,22H2,(H2,23,28). The molecule has 0 bridgehead atoms. The third kappa shape index (κ3) is 3.47. The Labute approximate surface area is 162 Å². The molecule has 0 aliphatic heterocycles. The second-order valence-corrected chi connectivity index (χ2v) is 6.49.